The van der Waals surface area contributed by atoms with Crippen LogP contribution in [0.1, 0.15) is 39.2 Å². The fourth-order valence-electron chi connectivity index (χ4n) is 3.90. The Balaban J connectivity index is 0.00000261. The Morgan fingerprint density at radius 2 is 1.96 bits per heavy atom. The Hall–Kier alpha value is -1.63. The molecule has 3 N–H and O–H groups in total. The van der Waals surface area contributed by atoms with Crippen molar-refractivity contribution >= 4 is 29.9 Å². The highest BCUT2D eigenvalue weighted by atomic mass is 35.5. The number of carbonyl (C=O) groups excluding carboxylic acids is 2. The summed E-state index contributed by atoms with van der Waals surface area (Å²) in [5.41, 5.74) is 6.94. The number of anilines is 1. The Morgan fingerprint density at radius 1 is 1.33 bits per heavy atom. The van der Waals surface area contributed by atoms with Gasteiger partial charge in [0.2, 0.25) is 11.8 Å². The molecule has 0 spiro atoms. The summed E-state index contributed by atoms with van der Waals surface area (Å²) < 4.78 is 5.68. The van der Waals surface area contributed by atoms with Gasteiger partial charge >= 0.3 is 0 Å². The first kappa shape index (κ1) is 21.7. The van der Waals surface area contributed by atoms with Gasteiger partial charge in [0.15, 0.2) is 0 Å². The summed E-state index contributed by atoms with van der Waals surface area (Å²) in [6.45, 7) is 9.03. The van der Waals surface area contributed by atoms with Gasteiger partial charge in [-0.25, -0.2) is 0 Å². The van der Waals surface area contributed by atoms with Crippen LogP contribution < -0.4 is 16.0 Å². The molecular weight excluding hydrogens is 366 g/mol. The van der Waals surface area contributed by atoms with E-state index in [0.29, 0.717) is 26.0 Å². The second-order valence-electron chi connectivity index (χ2n) is 7.98. The number of rotatable bonds is 5. The smallest absolute Gasteiger partial charge is 0.249 e. The van der Waals surface area contributed by atoms with Crippen LogP contribution in [0, 0.1) is 12.3 Å². The zero-order valence-corrected chi connectivity index (χ0v) is 17.3. The summed E-state index contributed by atoms with van der Waals surface area (Å²) >= 11 is 0. The van der Waals surface area contributed by atoms with E-state index in [-0.39, 0.29) is 30.3 Å². The van der Waals surface area contributed by atoms with E-state index in [1.807, 2.05) is 52.0 Å². The zero-order chi connectivity index (χ0) is 19.1. The van der Waals surface area contributed by atoms with E-state index >= 15 is 0 Å². The van der Waals surface area contributed by atoms with Crippen LogP contribution in [0.25, 0.3) is 0 Å². The lowest BCUT2D eigenvalue weighted by molar-refractivity contribution is -0.171. The number of nitrogens with one attached hydrogen (secondary N) is 1. The van der Waals surface area contributed by atoms with Crippen LogP contribution in [0.4, 0.5) is 5.69 Å². The lowest BCUT2D eigenvalue weighted by Gasteiger charge is -2.57. The first-order valence-electron chi connectivity index (χ1n) is 9.30. The monoisotopic (exact) mass is 395 g/mol. The average molecular weight is 396 g/mol. The van der Waals surface area contributed by atoms with Gasteiger partial charge in [0.25, 0.3) is 0 Å². The predicted molar refractivity (Wildman–Crippen MR) is 108 cm³/mol. The Bertz CT molecular complexity index is 707. The van der Waals surface area contributed by atoms with E-state index in [2.05, 4.69) is 5.32 Å². The maximum Gasteiger partial charge on any atom is 0.249 e. The zero-order valence-electron chi connectivity index (χ0n) is 16.5. The number of aryl methyl sites for hydroxylation is 1. The minimum absolute atomic E-state index is 0. The van der Waals surface area contributed by atoms with Gasteiger partial charge in [0.1, 0.15) is 11.6 Å². The highest BCUT2D eigenvalue weighted by molar-refractivity contribution is 6.02. The van der Waals surface area contributed by atoms with E-state index in [0.717, 1.165) is 11.3 Å². The van der Waals surface area contributed by atoms with Gasteiger partial charge in [-0.1, -0.05) is 31.5 Å². The summed E-state index contributed by atoms with van der Waals surface area (Å²) in [7, 11) is 0. The minimum atomic E-state index is -1.01. The van der Waals surface area contributed by atoms with E-state index in [1.165, 1.54) is 0 Å². The highest BCUT2D eigenvalue weighted by Crippen LogP contribution is 2.50. The fourth-order valence-corrected chi connectivity index (χ4v) is 3.90. The van der Waals surface area contributed by atoms with Crippen LogP contribution in [-0.4, -0.2) is 42.7 Å². The summed E-state index contributed by atoms with van der Waals surface area (Å²) in [4.78, 5) is 27.3. The Morgan fingerprint density at radius 3 is 2.52 bits per heavy atom. The lowest BCUT2D eigenvalue weighted by Crippen LogP contribution is -2.76. The molecule has 1 saturated carbocycles. The molecule has 3 rings (SSSR count). The first-order chi connectivity index (χ1) is 12.2. The molecule has 7 heteroatoms. The molecule has 1 aromatic carbocycles. The van der Waals surface area contributed by atoms with Crippen LogP contribution in [0.15, 0.2) is 24.3 Å². The SMILES string of the molecule is CCOC1CC(N)(C(=O)NC2CCN(c3ccc(C)cc3)C2=O)C1(C)C.Cl. The third-order valence-electron chi connectivity index (χ3n) is 6.09. The Labute approximate surface area is 167 Å². The van der Waals surface area contributed by atoms with Crippen molar-refractivity contribution in [1.82, 2.24) is 5.32 Å². The fraction of sp³-hybridized carbons (Fsp3) is 0.600. The van der Waals surface area contributed by atoms with Crippen LogP contribution in [0.2, 0.25) is 0 Å². The van der Waals surface area contributed by atoms with Crippen LogP contribution in [-0.2, 0) is 14.3 Å². The molecule has 2 fully saturated rings. The van der Waals surface area contributed by atoms with Crippen LogP contribution >= 0.6 is 12.4 Å². The van der Waals surface area contributed by atoms with E-state index in [4.69, 9.17) is 10.5 Å². The number of hydrogen-bond acceptors (Lipinski definition) is 4. The molecule has 1 heterocycles. The molecule has 150 valence electrons. The molecule has 2 aliphatic rings. The van der Waals surface area contributed by atoms with Gasteiger partial charge < -0.3 is 20.7 Å². The second-order valence-corrected chi connectivity index (χ2v) is 7.98. The van der Waals surface area contributed by atoms with E-state index < -0.39 is 17.0 Å². The van der Waals surface area contributed by atoms with Crippen molar-refractivity contribution in [3.05, 3.63) is 29.8 Å². The molecule has 3 atom stereocenters. The molecule has 3 unspecified atom stereocenters. The number of nitrogens with two attached hydrogens (primary N) is 1. The largest absolute Gasteiger partial charge is 0.378 e. The number of hydrogen-bond donors (Lipinski definition) is 2. The average Bonchev–Trinajstić information content (AvgIpc) is 2.96. The van der Waals surface area contributed by atoms with Crippen molar-refractivity contribution in [3.8, 4) is 0 Å². The molecule has 27 heavy (non-hydrogen) atoms. The van der Waals surface area contributed by atoms with Crippen molar-refractivity contribution < 1.29 is 14.3 Å². The predicted octanol–water partition coefficient (Wildman–Crippen LogP) is 2.17. The van der Waals surface area contributed by atoms with Gasteiger partial charge in [0.05, 0.1) is 6.10 Å². The van der Waals surface area contributed by atoms with Crippen molar-refractivity contribution in [1.29, 1.82) is 0 Å². The standard InChI is InChI=1S/C20H29N3O3.ClH/c1-5-26-16-12-20(21,19(16,3)4)18(25)22-15-10-11-23(17(15)24)14-8-6-13(2)7-9-14;/h6-9,15-16H,5,10-12,21H2,1-4H3,(H,22,25);1H. The summed E-state index contributed by atoms with van der Waals surface area (Å²) in [6.07, 6.45) is 1.03. The number of halogens is 1. The topological polar surface area (TPSA) is 84.7 Å². The molecule has 2 amide bonds. The number of benzene rings is 1. The first-order valence-corrected chi connectivity index (χ1v) is 9.30. The maximum absolute atomic E-state index is 12.8. The van der Waals surface area contributed by atoms with Gasteiger partial charge in [-0.15, -0.1) is 12.4 Å². The summed E-state index contributed by atoms with van der Waals surface area (Å²) in [6, 6.07) is 7.31. The van der Waals surface area contributed by atoms with Crippen molar-refractivity contribution in [2.75, 3.05) is 18.1 Å². The van der Waals surface area contributed by atoms with Crippen molar-refractivity contribution in [3.63, 3.8) is 0 Å². The van der Waals surface area contributed by atoms with E-state index in [9.17, 15) is 9.59 Å². The molecule has 1 aliphatic carbocycles. The number of amides is 2. The summed E-state index contributed by atoms with van der Waals surface area (Å²) in [5.74, 6) is -0.341. The lowest BCUT2D eigenvalue weighted by atomic mass is 9.54. The molecule has 1 aliphatic heterocycles. The molecular formula is C20H30ClN3O3. The second kappa shape index (κ2) is 7.78. The Kier molecular flexibility index (Phi) is 6.24. The molecule has 1 aromatic rings. The number of carbonyl (C=O) groups is 2. The normalized spacial score (nSPS) is 29.1. The van der Waals surface area contributed by atoms with Crippen LogP contribution in [0.3, 0.4) is 0 Å². The van der Waals surface area contributed by atoms with Gasteiger partial charge in [0, 0.05) is 30.7 Å². The molecule has 6 nitrogen and oxygen atoms in total. The quantitative estimate of drug-likeness (QED) is 0.800. The molecule has 1 saturated heterocycles. The van der Waals surface area contributed by atoms with Crippen LogP contribution in [0.5, 0.6) is 0 Å². The van der Waals surface area contributed by atoms with Crippen molar-refractivity contribution in [2.45, 2.75) is 58.2 Å². The van der Waals surface area contributed by atoms with Gasteiger partial charge in [-0.2, -0.15) is 0 Å². The number of nitrogens with zero attached hydrogens (tertiary/aromatic N) is 1. The molecule has 0 radical (unpaired) electrons. The van der Waals surface area contributed by atoms with Crippen molar-refractivity contribution in [2.24, 2.45) is 11.1 Å². The highest BCUT2D eigenvalue weighted by Gasteiger charge is 2.63. The third-order valence-corrected chi connectivity index (χ3v) is 6.09. The number of ether oxygens (including phenoxy) is 1. The van der Waals surface area contributed by atoms with E-state index in [1.54, 1.807) is 4.90 Å². The summed E-state index contributed by atoms with van der Waals surface area (Å²) in [5, 5.41) is 2.89. The minimum Gasteiger partial charge on any atom is -0.378 e. The van der Waals surface area contributed by atoms with Gasteiger partial charge in [-0.05, 0) is 32.4 Å². The maximum atomic E-state index is 12.8. The molecule has 0 aromatic heterocycles. The third kappa shape index (κ3) is 3.58. The van der Waals surface area contributed by atoms with Gasteiger partial charge in [-0.3, -0.25) is 9.59 Å². The molecule has 0 bridgehead atoms.